The van der Waals surface area contributed by atoms with E-state index in [9.17, 15) is 8.42 Å². The monoisotopic (exact) mass is 230 g/mol. The molecule has 0 aliphatic heterocycles. The molecule has 1 rings (SSSR count). The summed E-state index contributed by atoms with van der Waals surface area (Å²) in [4.78, 5) is 3.91. The third kappa shape index (κ3) is 3.85. The van der Waals surface area contributed by atoms with Gasteiger partial charge in [-0.25, -0.2) is 8.42 Å². The molecule has 6 heteroatoms. The summed E-state index contributed by atoms with van der Waals surface area (Å²) >= 11 is 0. The molecule has 1 atom stereocenters. The Labute approximate surface area is 89.2 Å². The van der Waals surface area contributed by atoms with Crippen molar-refractivity contribution in [1.29, 1.82) is 0 Å². The molecule has 0 aliphatic rings. The van der Waals surface area contributed by atoms with Crippen LogP contribution >= 0.6 is 0 Å². The lowest BCUT2D eigenvalue weighted by Crippen LogP contribution is -2.20. The summed E-state index contributed by atoms with van der Waals surface area (Å²) < 4.78 is 27.0. The predicted molar refractivity (Wildman–Crippen MR) is 57.4 cm³/mol. The maximum absolute atomic E-state index is 11.0. The van der Waals surface area contributed by atoms with E-state index in [0.29, 0.717) is 11.3 Å². The van der Waals surface area contributed by atoms with E-state index in [1.54, 1.807) is 12.3 Å². The molecular formula is C9H14N2O3S. The average molecular weight is 230 g/mol. The van der Waals surface area contributed by atoms with E-state index in [1.165, 1.54) is 13.3 Å². The number of nitrogens with two attached hydrogens (primary N) is 1. The van der Waals surface area contributed by atoms with Crippen molar-refractivity contribution in [3.05, 3.63) is 24.0 Å². The maximum Gasteiger partial charge on any atom is 0.149 e. The lowest BCUT2D eigenvalue weighted by molar-refractivity contribution is 0.412. The molecule has 0 aliphatic carbocycles. The molecule has 84 valence electrons. The van der Waals surface area contributed by atoms with Crippen LogP contribution in [0, 0.1) is 0 Å². The molecule has 15 heavy (non-hydrogen) atoms. The Kier molecular flexibility index (Phi) is 3.65. The zero-order chi connectivity index (χ0) is 11.5. The van der Waals surface area contributed by atoms with Gasteiger partial charge in [-0.15, -0.1) is 0 Å². The second-order valence-electron chi connectivity index (χ2n) is 3.36. The largest absolute Gasteiger partial charge is 0.495 e. The van der Waals surface area contributed by atoms with Crippen LogP contribution < -0.4 is 10.5 Å². The van der Waals surface area contributed by atoms with Crippen molar-refractivity contribution < 1.29 is 13.2 Å². The van der Waals surface area contributed by atoms with Crippen LogP contribution in [0.25, 0.3) is 0 Å². The number of ether oxygens (including phenoxy) is 1. The van der Waals surface area contributed by atoms with Crippen LogP contribution in [0.4, 0.5) is 0 Å². The topological polar surface area (TPSA) is 82.3 Å². The van der Waals surface area contributed by atoms with E-state index >= 15 is 0 Å². The van der Waals surface area contributed by atoms with Gasteiger partial charge in [0.05, 0.1) is 19.1 Å². The van der Waals surface area contributed by atoms with E-state index < -0.39 is 15.9 Å². The number of pyridine rings is 1. The summed E-state index contributed by atoms with van der Waals surface area (Å²) in [5.41, 5.74) is 6.38. The summed E-state index contributed by atoms with van der Waals surface area (Å²) in [5, 5.41) is 0. The number of methoxy groups -OCH3 is 1. The Morgan fingerprint density at radius 2 is 2.20 bits per heavy atom. The number of aromatic nitrogens is 1. The summed E-state index contributed by atoms with van der Waals surface area (Å²) in [5.74, 6) is 0.471. The fraction of sp³-hybridized carbons (Fsp3) is 0.444. The molecule has 0 saturated heterocycles. The SMILES string of the molecule is COc1cncc(C(N)CS(C)(=O)=O)c1. The highest BCUT2D eigenvalue weighted by Gasteiger charge is 2.13. The van der Waals surface area contributed by atoms with Crippen LogP contribution in [0.2, 0.25) is 0 Å². The number of sulfone groups is 1. The van der Waals surface area contributed by atoms with E-state index in [4.69, 9.17) is 10.5 Å². The highest BCUT2D eigenvalue weighted by atomic mass is 32.2. The second-order valence-corrected chi connectivity index (χ2v) is 5.54. The molecule has 1 heterocycles. The maximum atomic E-state index is 11.0. The van der Waals surface area contributed by atoms with Gasteiger partial charge in [0, 0.05) is 18.5 Å². The standard InChI is InChI=1S/C9H14N2O3S/c1-14-8-3-7(4-11-5-8)9(10)6-15(2,12)13/h3-5,9H,6,10H2,1-2H3. The normalized spacial score (nSPS) is 13.5. The van der Waals surface area contributed by atoms with Crippen molar-refractivity contribution in [3.8, 4) is 5.75 Å². The number of rotatable bonds is 4. The van der Waals surface area contributed by atoms with Crippen LogP contribution in [0.3, 0.4) is 0 Å². The molecule has 0 bridgehead atoms. The van der Waals surface area contributed by atoms with Crippen LogP contribution in [0.15, 0.2) is 18.5 Å². The summed E-state index contributed by atoms with van der Waals surface area (Å²) in [6.45, 7) is 0. The highest BCUT2D eigenvalue weighted by molar-refractivity contribution is 7.90. The van der Waals surface area contributed by atoms with Gasteiger partial charge in [-0.1, -0.05) is 0 Å². The smallest absolute Gasteiger partial charge is 0.149 e. The first kappa shape index (κ1) is 11.9. The molecule has 5 nitrogen and oxygen atoms in total. The van der Waals surface area contributed by atoms with Gasteiger partial charge in [-0.2, -0.15) is 0 Å². The third-order valence-corrected chi connectivity index (χ3v) is 2.85. The lowest BCUT2D eigenvalue weighted by atomic mass is 10.1. The van der Waals surface area contributed by atoms with Gasteiger partial charge in [-0.3, -0.25) is 4.98 Å². The Bertz CT molecular complexity index is 431. The first-order valence-electron chi connectivity index (χ1n) is 4.34. The van der Waals surface area contributed by atoms with Crippen molar-refractivity contribution in [2.45, 2.75) is 6.04 Å². The molecule has 1 aromatic rings. The van der Waals surface area contributed by atoms with E-state index in [1.807, 2.05) is 0 Å². The van der Waals surface area contributed by atoms with Crippen LogP contribution in [-0.4, -0.2) is 32.5 Å². The average Bonchev–Trinajstić information content (AvgIpc) is 2.15. The molecule has 1 aromatic heterocycles. The van der Waals surface area contributed by atoms with Crippen LogP contribution in [0.1, 0.15) is 11.6 Å². The molecule has 1 unspecified atom stereocenters. The minimum absolute atomic E-state index is 0.0954. The van der Waals surface area contributed by atoms with Gasteiger partial charge in [0.2, 0.25) is 0 Å². The van der Waals surface area contributed by atoms with Gasteiger partial charge in [0.15, 0.2) is 0 Å². The first-order chi connectivity index (χ1) is 6.92. The highest BCUT2D eigenvalue weighted by Crippen LogP contribution is 2.16. The van der Waals surface area contributed by atoms with Crippen molar-refractivity contribution in [2.24, 2.45) is 5.73 Å². The van der Waals surface area contributed by atoms with E-state index in [2.05, 4.69) is 4.98 Å². The molecule has 2 N–H and O–H groups in total. The first-order valence-corrected chi connectivity index (χ1v) is 6.40. The van der Waals surface area contributed by atoms with Gasteiger partial charge in [-0.05, 0) is 11.6 Å². The number of hydrogen-bond donors (Lipinski definition) is 1. The molecule has 0 fully saturated rings. The fourth-order valence-corrected chi connectivity index (χ4v) is 2.02. The molecule has 0 aromatic carbocycles. The lowest BCUT2D eigenvalue weighted by Gasteiger charge is -2.10. The molecule has 0 spiro atoms. The number of hydrogen-bond acceptors (Lipinski definition) is 5. The molecule has 0 radical (unpaired) electrons. The minimum Gasteiger partial charge on any atom is -0.495 e. The van der Waals surface area contributed by atoms with E-state index in [-0.39, 0.29) is 5.75 Å². The Morgan fingerprint density at radius 3 is 2.73 bits per heavy atom. The molecule has 0 saturated carbocycles. The van der Waals surface area contributed by atoms with Gasteiger partial charge in [0.1, 0.15) is 15.6 Å². The number of nitrogens with zero attached hydrogens (tertiary/aromatic N) is 1. The van der Waals surface area contributed by atoms with Gasteiger partial charge >= 0.3 is 0 Å². The second kappa shape index (κ2) is 4.59. The van der Waals surface area contributed by atoms with Crippen LogP contribution in [-0.2, 0) is 9.84 Å². The predicted octanol–water partition coefficient (Wildman–Crippen LogP) is 0.135. The Morgan fingerprint density at radius 1 is 1.53 bits per heavy atom. The zero-order valence-electron chi connectivity index (χ0n) is 8.67. The fourth-order valence-electron chi connectivity index (χ4n) is 1.17. The summed E-state index contributed by atoms with van der Waals surface area (Å²) in [7, 11) is -1.57. The Hall–Kier alpha value is -1.14. The summed E-state index contributed by atoms with van der Waals surface area (Å²) in [6, 6.07) is 1.12. The van der Waals surface area contributed by atoms with Gasteiger partial charge < -0.3 is 10.5 Å². The van der Waals surface area contributed by atoms with Crippen LogP contribution in [0.5, 0.6) is 5.75 Å². The van der Waals surface area contributed by atoms with Crippen molar-refractivity contribution in [1.82, 2.24) is 4.98 Å². The quantitative estimate of drug-likeness (QED) is 0.795. The van der Waals surface area contributed by atoms with Gasteiger partial charge in [0.25, 0.3) is 0 Å². The van der Waals surface area contributed by atoms with E-state index in [0.717, 1.165) is 6.26 Å². The molecular weight excluding hydrogens is 216 g/mol. The Balaban J connectivity index is 2.86. The van der Waals surface area contributed by atoms with Crippen molar-refractivity contribution in [2.75, 3.05) is 19.1 Å². The third-order valence-electron chi connectivity index (χ3n) is 1.88. The van der Waals surface area contributed by atoms with Crippen molar-refractivity contribution in [3.63, 3.8) is 0 Å². The molecule has 0 amide bonds. The van der Waals surface area contributed by atoms with Crippen molar-refractivity contribution >= 4 is 9.84 Å². The zero-order valence-corrected chi connectivity index (χ0v) is 9.49. The summed E-state index contributed by atoms with van der Waals surface area (Å²) in [6.07, 6.45) is 4.23. The minimum atomic E-state index is -3.08.